The number of hydrogen-bond donors (Lipinski definition) is 1. The maximum absolute atomic E-state index is 12.2. The van der Waals surface area contributed by atoms with Crippen LogP contribution in [0.4, 0.5) is 5.82 Å². The van der Waals surface area contributed by atoms with Crippen LogP contribution in [0.15, 0.2) is 9.59 Å². The second-order valence-corrected chi connectivity index (χ2v) is 6.11. The lowest BCUT2D eigenvalue weighted by molar-refractivity contribution is 0.375. The molecule has 0 aromatic carbocycles. The number of anilines is 1. The minimum atomic E-state index is -0.390. The third-order valence-corrected chi connectivity index (χ3v) is 3.94. The fraction of sp³-hybridized carbons (Fsp3) is 0.786. The van der Waals surface area contributed by atoms with Gasteiger partial charge in [0.2, 0.25) is 5.82 Å². The van der Waals surface area contributed by atoms with E-state index in [1.54, 1.807) is 7.05 Å². The SMILES string of the molecule is CC(C)NCC1CCCN(c2nn(C)c(=O)n(C)c2=O)C1. The fourth-order valence-corrected chi connectivity index (χ4v) is 2.71. The zero-order chi connectivity index (χ0) is 15.6. The Bertz CT molecular complexity index is 604. The molecule has 21 heavy (non-hydrogen) atoms. The van der Waals surface area contributed by atoms with Crippen LogP contribution in [0.1, 0.15) is 26.7 Å². The average Bonchev–Trinajstić information content (AvgIpc) is 2.47. The predicted octanol–water partition coefficient (Wildman–Crippen LogP) is -0.307. The Balaban J connectivity index is 2.18. The summed E-state index contributed by atoms with van der Waals surface area (Å²) in [6.07, 6.45) is 2.19. The molecule has 7 heteroatoms. The van der Waals surface area contributed by atoms with Gasteiger partial charge in [0.15, 0.2) is 0 Å². The molecule has 2 heterocycles. The highest BCUT2D eigenvalue weighted by molar-refractivity contribution is 5.35. The highest BCUT2D eigenvalue weighted by atomic mass is 16.2. The molecular formula is C14H25N5O2. The van der Waals surface area contributed by atoms with Crippen LogP contribution in [-0.4, -0.2) is 40.0 Å². The van der Waals surface area contributed by atoms with E-state index in [0.29, 0.717) is 17.8 Å². The molecule has 1 fully saturated rings. The number of rotatable bonds is 4. The summed E-state index contributed by atoms with van der Waals surface area (Å²) in [7, 11) is 3.07. The smallest absolute Gasteiger partial charge is 0.346 e. The van der Waals surface area contributed by atoms with Gasteiger partial charge in [-0.25, -0.2) is 9.48 Å². The monoisotopic (exact) mass is 295 g/mol. The molecule has 0 radical (unpaired) electrons. The van der Waals surface area contributed by atoms with Gasteiger partial charge >= 0.3 is 5.69 Å². The molecule has 0 spiro atoms. The van der Waals surface area contributed by atoms with Crippen molar-refractivity contribution in [2.24, 2.45) is 20.0 Å². The van der Waals surface area contributed by atoms with Crippen molar-refractivity contribution in [3.63, 3.8) is 0 Å². The maximum atomic E-state index is 12.2. The first-order chi connectivity index (χ1) is 9.90. The minimum Gasteiger partial charge on any atom is -0.350 e. The third kappa shape index (κ3) is 3.53. The van der Waals surface area contributed by atoms with Gasteiger partial charge in [0.25, 0.3) is 5.56 Å². The average molecular weight is 295 g/mol. The normalized spacial score (nSPS) is 19.3. The van der Waals surface area contributed by atoms with Crippen LogP contribution < -0.4 is 21.5 Å². The molecule has 1 aromatic rings. The molecule has 1 aliphatic rings. The minimum absolute atomic E-state index is 0.310. The Hall–Kier alpha value is -1.63. The Morgan fingerprint density at radius 1 is 1.33 bits per heavy atom. The van der Waals surface area contributed by atoms with Crippen molar-refractivity contribution in [1.29, 1.82) is 0 Å². The first kappa shape index (κ1) is 15.8. The molecule has 0 bridgehead atoms. The Morgan fingerprint density at radius 3 is 2.71 bits per heavy atom. The summed E-state index contributed by atoms with van der Waals surface area (Å²) in [4.78, 5) is 26.0. The number of aryl methyl sites for hydroxylation is 1. The molecule has 0 saturated carbocycles. The Labute approximate surface area is 124 Å². The van der Waals surface area contributed by atoms with Crippen LogP contribution in [0, 0.1) is 5.92 Å². The van der Waals surface area contributed by atoms with Crippen molar-refractivity contribution in [3.8, 4) is 0 Å². The highest BCUT2D eigenvalue weighted by Gasteiger charge is 2.24. The van der Waals surface area contributed by atoms with E-state index in [-0.39, 0.29) is 5.56 Å². The Kier molecular flexibility index (Phi) is 4.82. The molecule has 1 aromatic heterocycles. The summed E-state index contributed by atoms with van der Waals surface area (Å²) in [5.41, 5.74) is -0.700. The van der Waals surface area contributed by atoms with Crippen LogP contribution in [0.2, 0.25) is 0 Å². The number of nitrogens with zero attached hydrogens (tertiary/aromatic N) is 4. The molecule has 1 N–H and O–H groups in total. The van der Waals surface area contributed by atoms with E-state index < -0.39 is 5.69 Å². The molecule has 7 nitrogen and oxygen atoms in total. The van der Waals surface area contributed by atoms with Crippen molar-refractivity contribution < 1.29 is 0 Å². The van der Waals surface area contributed by atoms with Crippen molar-refractivity contribution in [3.05, 3.63) is 20.8 Å². The lowest BCUT2D eigenvalue weighted by Gasteiger charge is -2.33. The van der Waals surface area contributed by atoms with Gasteiger partial charge in [0, 0.05) is 33.2 Å². The zero-order valence-corrected chi connectivity index (χ0v) is 13.3. The lowest BCUT2D eigenvalue weighted by Crippen LogP contribution is -2.47. The van der Waals surface area contributed by atoms with E-state index in [9.17, 15) is 9.59 Å². The van der Waals surface area contributed by atoms with Crippen molar-refractivity contribution in [2.45, 2.75) is 32.7 Å². The van der Waals surface area contributed by atoms with Gasteiger partial charge in [0.05, 0.1) is 0 Å². The van der Waals surface area contributed by atoms with Gasteiger partial charge in [-0.2, -0.15) is 0 Å². The van der Waals surface area contributed by atoms with Gasteiger partial charge in [0.1, 0.15) is 0 Å². The molecule has 118 valence electrons. The maximum Gasteiger partial charge on any atom is 0.346 e. The largest absolute Gasteiger partial charge is 0.350 e. The molecule has 2 rings (SSSR count). The number of nitrogens with one attached hydrogen (secondary N) is 1. The standard InChI is InChI=1S/C14H25N5O2/c1-10(2)15-8-11-6-5-7-19(9-11)12-13(20)17(3)14(21)18(4)16-12/h10-11,15H,5-9H2,1-4H3. The van der Waals surface area contributed by atoms with E-state index in [1.165, 1.54) is 11.7 Å². The molecule has 0 amide bonds. The summed E-state index contributed by atoms with van der Waals surface area (Å²) in [6.45, 7) is 6.83. The molecule has 1 atom stereocenters. The predicted molar refractivity (Wildman–Crippen MR) is 82.8 cm³/mol. The van der Waals surface area contributed by atoms with E-state index in [2.05, 4.69) is 24.3 Å². The topological polar surface area (TPSA) is 72.2 Å². The molecular weight excluding hydrogens is 270 g/mol. The summed E-state index contributed by atoms with van der Waals surface area (Å²) in [5, 5.41) is 7.61. The summed E-state index contributed by atoms with van der Waals surface area (Å²) < 4.78 is 2.35. The molecule has 1 saturated heterocycles. The highest BCUT2D eigenvalue weighted by Crippen LogP contribution is 2.18. The van der Waals surface area contributed by atoms with Crippen molar-refractivity contribution >= 4 is 5.82 Å². The van der Waals surface area contributed by atoms with E-state index in [4.69, 9.17) is 0 Å². The summed E-state index contributed by atoms with van der Waals surface area (Å²) in [5.74, 6) is 0.888. The number of piperidine rings is 1. The van der Waals surface area contributed by atoms with E-state index in [0.717, 1.165) is 37.0 Å². The second-order valence-electron chi connectivity index (χ2n) is 6.11. The van der Waals surface area contributed by atoms with Gasteiger partial charge in [-0.15, -0.1) is 5.10 Å². The molecule has 1 unspecified atom stereocenters. The third-order valence-electron chi connectivity index (χ3n) is 3.94. The quantitative estimate of drug-likeness (QED) is 0.825. The summed E-state index contributed by atoms with van der Waals surface area (Å²) in [6, 6.07) is 0.462. The Morgan fingerprint density at radius 2 is 2.05 bits per heavy atom. The van der Waals surface area contributed by atoms with Crippen LogP contribution in [0.25, 0.3) is 0 Å². The fourth-order valence-electron chi connectivity index (χ4n) is 2.71. The molecule has 0 aliphatic carbocycles. The summed E-state index contributed by atoms with van der Waals surface area (Å²) >= 11 is 0. The lowest BCUT2D eigenvalue weighted by atomic mass is 9.98. The van der Waals surface area contributed by atoms with Crippen molar-refractivity contribution in [2.75, 3.05) is 24.5 Å². The first-order valence-electron chi connectivity index (χ1n) is 7.52. The van der Waals surface area contributed by atoms with Gasteiger partial charge in [-0.1, -0.05) is 13.8 Å². The second kappa shape index (κ2) is 6.43. The number of aromatic nitrogens is 3. The van der Waals surface area contributed by atoms with Gasteiger partial charge < -0.3 is 10.2 Å². The van der Waals surface area contributed by atoms with Crippen LogP contribution in [0.5, 0.6) is 0 Å². The van der Waals surface area contributed by atoms with Crippen LogP contribution in [0.3, 0.4) is 0 Å². The first-order valence-corrected chi connectivity index (χ1v) is 7.52. The number of hydrogen-bond acceptors (Lipinski definition) is 5. The van der Waals surface area contributed by atoms with Crippen molar-refractivity contribution in [1.82, 2.24) is 19.7 Å². The van der Waals surface area contributed by atoms with Crippen LogP contribution in [-0.2, 0) is 14.1 Å². The zero-order valence-electron chi connectivity index (χ0n) is 13.3. The van der Waals surface area contributed by atoms with E-state index >= 15 is 0 Å². The van der Waals surface area contributed by atoms with Gasteiger partial charge in [-0.05, 0) is 25.3 Å². The van der Waals surface area contributed by atoms with Gasteiger partial charge in [-0.3, -0.25) is 9.36 Å². The van der Waals surface area contributed by atoms with Crippen LogP contribution >= 0.6 is 0 Å². The van der Waals surface area contributed by atoms with E-state index in [1.807, 2.05) is 4.90 Å². The molecule has 1 aliphatic heterocycles.